The number of aliphatic hydroxyl groups is 1. The van der Waals surface area contributed by atoms with Gasteiger partial charge in [-0.05, 0) is 54.7 Å². The molecule has 0 saturated heterocycles. The molecule has 1 unspecified atom stereocenters. The molecule has 7 heteroatoms. The summed E-state index contributed by atoms with van der Waals surface area (Å²) < 4.78 is 34.4. The number of rotatable bonds is 14. The van der Waals surface area contributed by atoms with Crippen LogP contribution in [0.1, 0.15) is 51.2 Å². The molecule has 2 aromatic carbocycles. The normalized spacial score (nSPS) is 13.2. The zero-order valence-electron chi connectivity index (χ0n) is 20.4. The quantitative estimate of drug-likeness (QED) is 0.269. The van der Waals surface area contributed by atoms with Crippen molar-refractivity contribution in [1.82, 2.24) is 4.31 Å². The van der Waals surface area contributed by atoms with E-state index in [0.717, 1.165) is 40.9 Å². The minimum atomic E-state index is -3.76. The molecular weight excluding hydrogens is 466 g/mol. The van der Waals surface area contributed by atoms with Gasteiger partial charge in [-0.15, -0.1) is 0 Å². The number of hydrogen-bond acceptors (Lipinski definition) is 5. The van der Waals surface area contributed by atoms with E-state index in [0.29, 0.717) is 25.0 Å². The molecule has 1 heterocycles. The Morgan fingerprint density at radius 2 is 1.85 bits per heavy atom. The first kappa shape index (κ1) is 26.8. The molecule has 3 rings (SSSR count). The second kappa shape index (κ2) is 12.8. The summed E-state index contributed by atoms with van der Waals surface area (Å²) in [5.41, 5.74) is 2.85. The molecule has 3 aromatic rings. The van der Waals surface area contributed by atoms with E-state index in [2.05, 4.69) is 6.92 Å². The molecule has 0 spiro atoms. The van der Waals surface area contributed by atoms with Crippen LogP contribution in [0, 0.1) is 5.92 Å². The van der Waals surface area contributed by atoms with Crippen LogP contribution in [0.5, 0.6) is 0 Å². The third-order valence-electron chi connectivity index (χ3n) is 5.75. The Labute approximate surface area is 208 Å². The van der Waals surface area contributed by atoms with Gasteiger partial charge in [-0.2, -0.15) is 16.1 Å². The summed E-state index contributed by atoms with van der Waals surface area (Å²) in [6.07, 6.45) is 4.53. The number of unbranched alkanes of at least 4 members (excludes halogenated alkanes) is 1. The Bertz CT molecular complexity index is 1130. The maximum absolute atomic E-state index is 13.6. The van der Waals surface area contributed by atoms with Gasteiger partial charge in [-0.1, -0.05) is 57.5 Å². The summed E-state index contributed by atoms with van der Waals surface area (Å²) in [5, 5.41) is 11.6. The lowest BCUT2D eigenvalue weighted by molar-refractivity contribution is 0.133. The van der Waals surface area contributed by atoms with Crippen molar-refractivity contribution in [2.75, 3.05) is 18.8 Å². The molecule has 5 nitrogen and oxygen atoms in total. The molecular formula is C27H37NO4S2. The SMILES string of the molecule is CCCCSCc1coc2ccc(S(=O)(=O)N(CC(C)C)CC(O)CCc3ccccc3)cc12. The number of hydrogen-bond donors (Lipinski definition) is 1. The predicted octanol–water partition coefficient (Wildman–Crippen LogP) is 6.11. The van der Waals surface area contributed by atoms with Crippen LogP contribution in [0.15, 0.2) is 64.1 Å². The Kier molecular flexibility index (Phi) is 10.1. The van der Waals surface area contributed by atoms with Gasteiger partial charge in [0.1, 0.15) is 5.58 Å². The van der Waals surface area contributed by atoms with Gasteiger partial charge in [-0.25, -0.2) is 8.42 Å². The van der Waals surface area contributed by atoms with Crippen molar-refractivity contribution in [2.24, 2.45) is 5.92 Å². The minimum Gasteiger partial charge on any atom is -0.464 e. The largest absolute Gasteiger partial charge is 0.464 e. The van der Waals surface area contributed by atoms with Gasteiger partial charge in [0.25, 0.3) is 0 Å². The third kappa shape index (κ3) is 7.35. The number of sulfonamides is 1. The van der Waals surface area contributed by atoms with E-state index >= 15 is 0 Å². The van der Waals surface area contributed by atoms with Crippen LogP contribution in [0.2, 0.25) is 0 Å². The van der Waals surface area contributed by atoms with Crippen molar-refractivity contribution in [3.63, 3.8) is 0 Å². The van der Waals surface area contributed by atoms with Gasteiger partial charge in [0.05, 0.1) is 17.3 Å². The van der Waals surface area contributed by atoms with Crippen LogP contribution in [0.4, 0.5) is 0 Å². The highest BCUT2D eigenvalue weighted by molar-refractivity contribution is 7.98. The summed E-state index contributed by atoms with van der Waals surface area (Å²) in [6.45, 7) is 6.59. The molecule has 0 radical (unpaired) electrons. The van der Waals surface area contributed by atoms with E-state index in [9.17, 15) is 13.5 Å². The second-order valence-electron chi connectivity index (χ2n) is 9.22. The van der Waals surface area contributed by atoms with Gasteiger partial charge >= 0.3 is 0 Å². The summed E-state index contributed by atoms with van der Waals surface area (Å²) in [4.78, 5) is 0.247. The third-order valence-corrected chi connectivity index (χ3v) is 8.68. The molecule has 1 aromatic heterocycles. The van der Waals surface area contributed by atoms with Gasteiger partial charge < -0.3 is 9.52 Å². The van der Waals surface area contributed by atoms with Gasteiger partial charge in [0, 0.05) is 29.8 Å². The van der Waals surface area contributed by atoms with Crippen molar-refractivity contribution in [1.29, 1.82) is 0 Å². The molecule has 0 aliphatic carbocycles. The Balaban J connectivity index is 1.77. The molecule has 1 N–H and O–H groups in total. The van der Waals surface area contributed by atoms with Crippen molar-refractivity contribution in [3.8, 4) is 0 Å². The van der Waals surface area contributed by atoms with Crippen LogP contribution < -0.4 is 0 Å². The number of nitrogens with zero attached hydrogens (tertiary/aromatic N) is 1. The summed E-state index contributed by atoms with van der Waals surface area (Å²) in [6, 6.07) is 15.0. The first-order chi connectivity index (χ1) is 16.3. The molecule has 0 amide bonds. The molecule has 0 aliphatic rings. The second-order valence-corrected chi connectivity index (χ2v) is 12.3. The fourth-order valence-corrected chi connectivity index (χ4v) is 6.64. The first-order valence-electron chi connectivity index (χ1n) is 12.1. The van der Waals surface area contributed by atoms with Crippen molar-refractivity contribution < 1.29 is 17.9 Å². The van der Waals surface area contributed by atoms with E-state index in [1.54, 1.807) is 24.5 Å². The number of furan rings is 1. The molecule has 34 heavy (non-hydrogen) atoms. The molecule has 1 atom stereocenters. The van der Waals surface area contributed by atoms with E-state index in [4.69, 9.17) is 4.42 Å². The zero-order chi connectivity index (χ0) is 24.6. The number of aliphatic hydroxyl groups excluding tert-OH is 1. The number of thioether (sulfide) groups is 1. The molecule has 0 aliphatic heterocycles. The predicted molar refractivity (Wildman–Crippen MR) is 142 cm³/mol. The Hall–Kier alpha value is -1.80. The highest BCUT2D eigenvalue weighted by Crippen LogP contribution is 2.29. The summed E-state index contributed by atoms with van der Waals surface area (Å²) >= 11 is 1.84. The van der Waals surface area contributed by atoms with Crippen LogP contribution in [0.3, 0.4) is 0 Å². The molecule has 0 fully saturated rings. The van der Waals surface area contributed by atoms with E-state index in [1.165, 1.54) is 4.31 Å². The number of aryl methyl sites for hydroxylation is 1. The van der Waals surface area contributed by atoms with Crippen LogP contribution in [-0.2, 0) is 22.2 Å². The fraction of sp³-hybridized carbons (Fsp3) is 0.481. The zero-order valence-corrected chi connectivity index (χ0v) is 22.1. The molecule has 0 bridgehead atoms. The fourth-order valence-electron chi connectivity index (χ4n) is 3.89. The highest BCUT2D eigenvalue weighted by atomic mass is 32.2. The van der Waals surface area contributed by atoms with E-state index in [-0.39, 0.29) is 17.4 Å². The average Bonchev–Trinajstić information content (AvgIpc) is 3.23. The van der Waals surface area contributed by atoms with Crippen LogP contribution in [-0.4, -0.2) is 42.8 Å². The molecule has 0 saturated carbocycles. The monoisotopic (exact) mass is 503 g/mol. The van der Waals surface area contributed by atoms with Gasteiger partial charge in [-0.3, -0.25) is 0 Å². The number of benzene rings is 2. The maximum atomic E-state index is 13.6. The first-order valence-corrected chi connectivity index (χ1v) is 14.7. The standard InChI is InChI=1S/C27H37NO4S2/c1-4-5-15-33-20-23-19-32-27-14-13-25(16-26(23)27)34(30,31)28(17-21(2)3)18-24(29)12-11-22-9-7-6-8-10-22/h6-10,13-14,16,19,21,24,29H,4-5,11-12,15,17-18,20H2,1-3H3. The lowest BCUT2D eigenvalue weighted by atomic mass is 10.1. The summed E-state index contributed by atoms with van der Waals surface area (Å²) in [5.74, 6) is 2.01. The van der Waals surface area contributed by atoms with Crippen molar-refractivity contribution >= 4 is 32.8 Å². The smallest absolute Gasteiger partial charge is 0.243 e. The van der Waals surface area contributed by atoms with Crippen molar-refractivity contribution in [2.45, 2.75) is 63.2 Å². The lowest BCUT2D eigenvalue weighted by Gasteiger charge is -2.26. The van der Waals surface area contributed by atoms with Crippen molar-refractivity contribution in [3.05, 3.63) is 65.9 Å². The lowest BCUT2D eigenvalue weighted by Crippen LogP contribution is -2.40. The average molecular weight is 504 g/mol. The minimum absolute atomic E-state index is 0.0799. The maximum Gasteiger partial charge on any atom is 0.243 e. The molecule has 186 valence electrons. The van der Waals surface area contributed by atoms with Gasteiger partial charge in [0.2, 0.25) is 10.0 Å². The van der Waals surface area contributed by atoms with Crippen LogP contribution >= 0.6 is 11.8 Å². The number of fused-ring (bicyclic) bond motifs is 1. The van der Waals surface area contributed by atoms with E-state index in [1.807, 2.05) is 55.9 Å². The summed E-state index contributed by atoms with van der Waals surface area (Å²) in [7, 11) is -3.76. The Morgan fingerprint density at radius 3 is 2.56 bits per heavy atom. The highest BCUT2D eigenvalue weighted by Gasteiger charge is 2.28. The van der Waals surface area contributed by atoms with E-state index < -0.39 is 16.1 Å². The van der Waals surface area contributed by atoms with Crippen LogP contribution in [0.25, 0.3) is 11.0 Å². The van der Waals surface area contributed by atoms with Gasteiger partial charge in [0.15, 0.2) is 0 Å². The topological polar surface area (TPSA) is 70.8 Å². The Morgan fingerprint density at radius 1 is 1.09 bits per heavy atom.